The van der Waals surface area contributed by atoms with Crippen LogP contribution in [0.1, 0.15) is 18.1 Å². The van der Waals surface area contributed by atoms with E-state index in [0.29, 0.717) is 0 Å². The summed E-state index contributed by atoms with van der Waals surface area (Å²) in [6.07, 6.45) is 0.767. The molecule has 1 aromatic carbocycles. The number of nitrogens with two attached hydrogens (primary N) is 1. The number of amides is 2. The minimum absolute atomic E-state index is 0. The standard InChI is InChI=1S/C14H21N3O2.ClH/c1-10-5-3-4-6-12(10)7-11(2)17-14(19)9-16-13(18)8-15;/h3-6,11H,7-9,15H2,1-2H3,(H,16,18)(H,17,19);1H. The molecule has 1 aromatic rings. The Morgan fingerprint density at radius 3 is 2.50 bits per heavy atom. The molecule has 0 bridgehead atoms. The van der Waals surface area contributed by atoms with Crippen molar-refractivity contribution in [2.24, 2.45) is 5.73 Å². The number of hydrogen-bond acceptors (Lipinski definition) is 3. The summed E-state index contributed by atoms with van der Waals surface area (Å²) in [5.41, 5.74) is 7.55. The second-order valence-electron chi connectivity index (χ2n) is 4.58. The second-order valence-corrected chi connectivity index (χ2v) is 4.58. The van der Waals surface area contributed by atoms with Crippen molar-refractivity contribution < 1.29 is 9.59 Å². The van der Waals surface area contributed by atoms with Crippen LogP contribution in [-0.4, -0.2) is 30.9 Å². The maximum atomic E-state index is 11.6. The first-order valence-electron chi connectivity index (χ1n) is 6.33. The van der Waals surface area contributed by atoms with Crippen LogP contribution in [0.3, 0.4) is 0 Å². The third-order valence-electron chi connectivity index (χ3n) is 2.83. The van der Waals surface area contributed by atoms with Crippen LogP contribution in [-0.2, 0) is 16.0 Å². The summed E-state index contributed by atoms with van der Waals surface area (Å²) in [4.78, 5) is 22.5. The first kappa shape index (κ1) is 18.4. The number of nitrogens with one attached hydrogen (secondary N) is 2. The van der Waals surface area contributed by atoms with Gasteiger partial charge in [-0.2, -0.15) is 0 Å². The summed E-state index contributed by atoms with van der Waals surface area (Å²) in [6, 6.07) is 8.09. The lowest BCUT2D eigenvalue weighted by Crippen LogP contribution is -2.43. The summed E-state index contributed by atoms with van der Waals surface area (Å²) < 4.78 is 0. The fourth-order valence-electron chi connectivity index (χ4n) is 1.80. The molecule has 0 fully saturated rings. The van der Waals surface area contributed by atoms with Crippen molar-refractivity contribution in [3.05, 3.63) is 35.4 Å². The molecule has 0 aliphatic rings. The third kappa shape index (κ3) is 6.54. The molecule has 0 spiro atoms. The van der Waals surface area contributed by atoms with Gasteiger partial charge in [0.1, 0.15) is 0 Å². The molecule has 0 aliphatic heterocycles. The molecule has 1 unspecified atom stereocenters. The minimum Gasteiger partial charge on any atom is -0.352 e. The molecule has 2 amide bonds. The van der Waals surface area contributed by atoms with E-state index in [9.17, 15) is 9.59 Å². The van der Waals surface area contributed by atoms with Gasteiger partial charge in [-0.15, -0.1) is 12.4 Å². The van der Waals surface area contributed by atoms with Crippen molar-refractivity contribution >= 4 is 24.2 Å². The lowest BCUT2D eigenvalue weighted by Gasteiger charge is -2.15. The Balaban J connectivity index is 0.00000361. The van der Waals surface area contributed by atoms with Gasteiger partial charge in [-0.05, 0) is 31.4 Å². The maximum absolute atomic E-state index is 11.6. The zero-order chi connectivity index (χ0) is 14.3. The molecule has 4 N–H and O–H groups in total. The average Bonchev–Trinajstić information content (AvgIpc) is 2.38. The van der Waals surface area contributed by atoms with E-state index < -0.39 is 0 Å². The molecule has 1 rings (SSSR count). The van der Waals surface area contributed by atoms with Gasteiger partial charge in [-0.25, -0.2) is 0 Å². The van der Waals surface area contributed by atoms with E-state index in [1.807, 2.05) is 38.1 Å². The molecular formula is C14H22ClN3O2. The van der Waals surface area contributed by atoms with Crippen molar-refractivity contribution in [3.8, 4) is 0 Å². The third-order valence-corrected chi connectivity index (χ3v) is 2.83. The van der Waals surface area contributed by atoms with Gasteiger partial charge in [0.05, 0.1) is 13.1 Å². The van der Waals surface area contributed by atoms with E-state index in [0.717, 1.165) is 6.42 Å². The highest BCUT2D eigenvalue weighted by molar-refractivity contribution is 5.85. The van der Waals surface area contributed by atoms with Crippen LogP contribution in [0.25, 0.3) is 0 Å². The molecule has 0 saturated carbocycles. The molecule has 5 nitrogen and oxygen atoms in total. The summed E-state index contributed by atoms with van der Waals surface area (Å²) >= 11 is 0. The summed E-state index contributed by atoms with van der Waals surface area (Å²) in [6.45, 7) is 3.85. The van der Waals surface area contributed by atoms with Gasteiger partial charge in [0.2, 0.25) is 11.8 Å². The van der Waals surface area contributed by atoms with E-state index in [2.05, 4.69) is 10.6 Å². The quantitative estimate of drug-likeness (QED) is 0.717. The summed E-state index contributed by atoms with van der Waals surface area (Å²) in [5, 5.41) is 5.28. The SMILES string of the molecule is Cc1ccccc1CC(C)NC(=O)CNC(=O)CN.Cl. The Bertz CT molecular complexity index is 452. The van der Waals surface area contributed by atoms with Gasteiger partial charge in [0.25, 0.3) is 0 Å². The van der Waals surface area contributed by atoms with Gasteiger partial charge in [0, 0.05) is 6.04 Å². The van der Waals surface area contributed by atoms with Crippen LogP contribution in [0.4, 0.5) is 0 Å². The van der Waals surface area contributed by atoms with E-state index >= 15 is 0 Å². The van der Waals surface area contributed by atoms with Crippen molar-refractivity contribution in [1.29, 1.82) is 0 Å². The smallest absolute Gasteiger partial charge is 0.239 e. The molecule has 112 valence electrons. The lowest BCUT2D eigenvalue weighted by atomic mass is 10.0. The highest BCUT2D eigenvalue weighted by atomic mass is 35.5. The lowest BCUT2D eigenvalue weighted by molar-refractivity contribution is -0.125. The molecule has 0 saturated heterocycles. The maximum Gasteiger partial charge on any atom is 0.239 e. The van der Waals surface area contributed by atoms with Crippen molar-refractivity contribution in [3.63, 3.8) is 0 Å². The monoisotopic (exact) mass is 299 g/mol. The van der Waals surface area contributed by atoms with Gasteiger partial charge < -0.3 is 16.4 Å². The average molecular weight is 300 g/mol. The second kappa shape index (κ2) is 9.34. The number of halogens is 1. The van der Waals surface area contributed by atoms with Crippen molar-refractivity contribution in [2.75, 3.05) is 13.1 Å². The topological polar surface area (TPSA) is 84.2 Å². The highest BCUT2D eigenvalue weighted by Gasteiger charge is 2.09. The van der Waals surface area contributed by atoms with Gasteiger partial charge in [-0.3, -0.25) is 9.59 Å². The van der Waals surface area contributed by atoms with E-state index in [1.165, 1.54) is 11.1 Å². The summed E-state index contributed by atoms with van der Waals surface area (Å²) in [5.74, 6) is -0.537. The van der Waals surface area contributed by atoms with Gasteiger partial charge >= 0.3 is 0 Å². The molecule has 0 aromatic heterocycles. The zero-order valence-corrected chi connectivity index (χ0v) is 12.6. The predicted molar refractivity (Wildman–Crippen MR) is 81.8 cm³/mol. The minimum atomic E-state index is -0.332. The Morgan fingerprint density at radius 2 is 1.90 bits per heavy atom. The van der Waals surface area contributed by atoms with Crippen LogP contribution < -0.4 is 16.4 Å². The Kier molecular flexibility index (Phi) is 8.59. The highest BCUT2D eigenvalue weighted by Crippen LogP contribution is 2.09. The number of carbonyl (C=O) groups is 2. The fourth-order valence-corrected chi connectivity index (χ4v) is 1.80. The molecule has 1 atom stereocenters. The van der Waals surface area contributed by atoms with E-state index in [-0.39, 0.29) is 43.4 Å². The number of aryl methyl sites for hydroxylation is 1. The Morgan fingerprint density at radius 1 is 1.25 bits per heavy atom. The first-order chi connectivity index (χ1) is 9.02. The molecular weight excluding hydrogens is 278 g/mol. The number of carbonyl (C=O) groups excluding carboxylic acids is 2. The van der Waals surface area contributed by atoms with Crippen LogP contribution in [0.2, 0.25) is 0 Å². The van der Waals surface area contributed by atoms with Gasteiger partial charge in [0.15, 0.2) is 0 Å². The van der Waals surface area contributed by atoms with E-state index in [1.54, 1.807) is 0 Å². The summed E-state index contributed by atoms with van der Waals surface area (Å²) in [7, 11) is 0. The van der Waals surface area contributed by atoms with Crippen molar-refractivity contribution in [2.45, 2.75) is 26.3 Å². The number of hydrogen-bond donors (Lipinski definition) is 3. The van der Waals surface area contributed by atoms with Crippen LogP contribution in [0.15, 0.2) is 24.3 Å². The van der Waals surface area contributed by atoms with Gasteiger partial charge in [-0.1, -0.05) is 24.3 Å². The van der Waals surface area contributed by atoms with Crippen LogP contribution in [0, 0.1) is 6.92 Å². The number of rotatable bonds is 6. The first-order valence-corrected chi connectivity index (χ1v) is 6.33. The predicted octanol–water partition coefficient (Wildman–Crippen LogP) is 0.539. The zero-order valence-electron chi connectivity index (χ0n) is 11.8. The molecule has 0 heterocycles. The van der Waals surface area contributed by atoms with Crippen molar-refractivity contribution in [1.82, 2.24) is 10.6 Å². The van der Waals surface area contributed by atoms with Crippen LogP contribution >= 0.6 is 12.4 Å². The molecule has 20 heavy (non-hydrogen) atoms. The molecule has 0 radical (unpaired) electrons. The van der Waals surface area contributed by atoms with Crippen LogP contribution in [0.5, 0.6) is 0 Å². The van der Waals surface area contributed by atoms with E-state index in [4.69, 9.17) is 5.73 Å². The number of benzene rings is 1. The molecule has 0 aliphatic carbocycles. The largest absolute Gasteiger partial charge is 0.352 e. The Hall–Kier alpha value is -1.59. The fraction of sp³-hybridized carbons (Fsp3) is 0.429. The molecule has 6 heteroatoms. The Labute approximate surface area is 125 Å². The normalized spacial score (nSPS) is 11.2.